The van der Waals surface area contributed by atoms with Gasteiger partial charge in [0, 0.05) is 17.1 Å². The SMILES string of the molecule is c1ccc(-c2ccc(N(c3ccc(-c4ccc5c(c4)CCCC5)cc3)c3ccc4c(c3)C3(c5ccccc5-c5ccccc53)c3ccccc3-4)cc2)cc1. The van der Waals surface area contributed by atoms with Crippen molar-refractivity contribution >= 4 is 17.1 Å². The van der Waals surface area contributed by atoms with Gasteiger partial charge in [0.1, 0.15) is 0 Å². The van der Waals surface area contributed by atoms with E-state index in [4.69, 9.17) is 0 Å². The Morgan fingerprint density at radius 2 is 0.759 bits per heavy atom. The fourth-order valence-corrected chi connectivity index (χ4v) is 9.82. The predicted octanol–water partition coefficient (Wildman–Crippen LogP) is 13.7. The van der Waals surface area contributed by atoms with Crippen molar-refractivity contribution in [1.82, 2.24) is 0 Å². The summed E-state index contributed by atoms with van der Waals surface area (Å²) in [4.78, 5) is 2.44. The van der Waals surface area contributed by atoms with Crippen LogP contribution in [0.3, 0.4) is 0 Å². The Kier molecular flexibility index (Phi) is 7.10. The molecule has 0 N–H and O–H groups in total. The lowest BCUT2D eigenvalue weighted by Gasteiger charge is -2.32. The average Bonchev–Trinajstić information content (AvgIpc) is 3.72. The van der Waals surface area contributed by atoms with Crippen LogP contribution in [0.2, 0.25) is 0 Å². The number of nitrogens with zero attached hydrogens (tertiary/aromatic N) is 1. The molecule has 0 aliphatic heterocycles. The lowest BCUT2D eigenvalue weighted by molar-refractivity contribution is 0.686. The molecule has 8 aromatic carbocycles. The molecule has 1 heteroatoms. The molecule has 0 fully saturated rings. The van der Waals surface area contributed by atoms with Crippen LogP contribution in [0.5, 0.6) is 0 Å². The highest BCUT2D eigenvalue weighted by atomic mass is 15.1. The van der Waals surface area contributed by atoms with Gasteiger partial charge in [0.15, 0.2) is 0 Å². The maximum absolute atomic E-state index is 2.48. The zero-order valence-electron chi connectivity index (χ0n) is 30.2. The third-order valence-electron chi connectivity index (χ3n) is 12.3. The van der Waals surface area contributed by atoms with Crippen molar-refractivity contribution in [2.24, 2.45) is 0 Å². The van der Waals surface area contributed by atoms with Crippen LogP contribution in [-0.2, 0) is 18.3 Å². The van der Waals surface area contributed by atoms with Crippen molar-refractivity contribution in [1.29, 1.82) is 0 Å². The van der Waals surface area contributed by atoms with Crippen LogP contribution in [0.15, 0.2) is 188 Å². The standard InChI is InChI=1S/C53H39N/c1-2-12-36(13-3-1)38-24-28-42(29-25-38)54(43-30-26-39(27-31-43)41-23-22-37-14-4-5-15-40(37)34-41)44-32-33-48-47-18-8-11-21-51(47)53(52(48)35-44)49-19-9-6-16-45(49)46-17-7-10-20-50(46)53/h1-3,6-13,16-35H,4-5,14-15H2. The predicted molar refractivity (Wildman–Crippen MR) is 225 cm³/mol. The summed E-state index contributed by atoms with van der Waals surface area (Å²) in [7, 11) is 0. The number of anilines is 3. The molecule has 54 heavy (non-hydrogen) atoms. The van der Waals surface area contributed by atoms with Gasteiger partial charge < -0.3 is 4.90 Å². The van der Waals surface area contributed by atoms with Crippen molar-refractivity contribution in [3.8, 4) is 44.5 Å². The summed E-state index contributed by atoms with van der Waals surface area (Å²) in [5, 5.41) is 0. The molecule has 1 spiro atoms. The van der Waals surface area contributed by atoms with Crippen LogP contribution in [0.1, 0.15) is 46.2 Å². The van der Waals surface area contributed by atoms with E-state index in [-0.39, 0.29) is 0 Å². The molecule has 3 aliphatic carbocycles. The minimum absolute atomic E-state index is 0.395. The minimum atomic E-state index is -0.395. The molecular weight excluding hydrogens is 651 g/mol. The smallest absolute Gasteiger partial charge is 0.0726 e. The zero-order valence-corrected chi connectivity index (χ0v) is 30.2. The van der Waals surface area contributed by atoms with Crippen molar-refractivity contribution in [3.05, 3.63) is 221 Å². The fraction of sp³-hybridized carbons (Fsp3) is 0.0943. The molecule has 0 bridgehead atoms. The first-order chi connectivity index (χ1) is 26.8. The van der Waals surface area contributed by atoms with Gasteiger partial charge in [-0.1, -0.05) is 152 Å². The monoisotopic (exact) mass is 689 g/mol. The summed E-state index contributed by atoms with van der Waals surface area (Å²) >= 11 is 0. The van der Waals surface area contributed by atoms with Gasteiger partial charge in [-0.15, -0.1) is 0 Å². The van der Waals surface area contributed by atoms with Crippen molar-refractivity contribution in [2.75, 3.05) is 4.90 Å². The maximum atomic E-state index is 2.48. The molecule has 256 valence electrons. The minimum Gasteiger partial charge on any atom is -0.310 e. The third-order valence-corrected chi connectivity index (χ3v) is 12.3. The molecule has 11 rings (SSSR count). The summed E-state index contributed by atoms with van der Waals surface area (Å²) in [6, 6.07) is 70.4. The number of rotatable bonds is 5. The van der Waals surface area contributed by atoms with Gasteiger partial charge in [0.2, 0.25) is 0 Å². The molecule has 0 radical (unpaired) electrons. The van der Waals surface area contributed by atoms with Crippen LogP contribution in [-0.4, -0.2) is 0 Å². The molecule has 8 aromatic rings. The van der Waals surface area contributed by atoms with E-state index in [1.807, 2.05) is 0 Å². The highest BCUT2D eigenvalue weighted by Crippen LogP contribution is 2.63. The Morgan fingerprint density at radius 1 is 0.315 bits per heavy atom. The second-order valence-corrected chi connectivity index (χ2v) is 15.1. The Balaban J connectivity index is 1.09. The van der Waals surface area contributed by atoms with Crippen molar-refractivity contribution in [2.45, 2.75) is 31.1 Å². The van der Waals surface area contributed by atoms with E-state index in [9.17, 15) is 0 Å². The first-order valence-electron chi connectivity index (χ1n) is 19.4. The maximum Gasteiger partial charge on any atom is 0.0726 e. The molecular formula is C53H39N. The average molecular weight is 690 g/mol. The summed E-state index contributed by atoms with van der Waals surface area (Å²) in [5.41, 5.74) is 21.8. The molecule has 0 heterocycles. The topological polar surface area (TPSA) is 3.24 Å². The van der Waals surface area contributed by atoms with Gasteiger partial charge in [-0.05, 0) is 140 Å². The van der Waals surface area contributed by atoms with Gasteiger partial charge in [0.05, 0.1) is 5.41 Å². The van der Waals surface area contributed by atoms with Crippen LogP contribution in [0.4, 0.5) is 17.1 Å². The van der Waals surface area contributed by atoms with Crippen LogP contribution >= 0.6 is 0 Å². The molecule has 1 nitrogen and oxygen atoms in total. The van der Waals surface area contributed by atoms with E-state index < -0.39 is 5.41 Å². The quantitative estimate of drug-likeness (QED) is 0.174. The molecule has 3 aliphatic rings. The van der Waals surface area contributed by atoms with E-state index >= 15 is 0 Å². The summed E-state index contributed by atoms with van der Waals surface area (Å²) in [5.74, 6) is 0. The van der Waals surface area contributed by atoms with Gasteiger partial charge in [-0.3, -0.25) is 0 Å². The summed E-state index contributed by atoms with van der Waals surface area (Å²) in [6.45, 7) is 0. The largest absolute Gasteiger partial charge is 0.310 e. The zero-order chi connectivity index (χ0) is 35.6. The summed E-state index contributed by atoms with van der Waals surface area (Å²) < 4.78 is 0. The number of fused-ring (bicyclic) bond motifs is 11. The molecule has 0 aromatic heterocycles. The number of hydrogen-bond donors (Lipinski definition) is 0. The fourth-order valence-electron chi connectivity index (χ4n) is 9.82. The van der Waals surface area contributed by atoms with E-state index in [1.54, 1.807) is 0 Å². The van der Waals surface area contributed by atoms with E-state index in [1.165, 1.54) is 104 Å². The highest BCUT2D eigenvalue weighted by molar-refractivity contribution is 5.96. The Bertz CT molecular complexity index is 2640. The van der Waals surface area contributed by atoms with E-state index in [0.29, 0.717) is 0 Å². The third kappa shape index (κ3) is 4.64. The molecule has 0 saturated heterocycles. The van der Waals surface area contributed by atoms with Gasteiger partial charge in [-0.25, -0.2) is 0 Å². The van der Waals surface area contributed by atoms with Gasteiger partial charge in [0.25, 0.3) is 0 Å². The van der Waals surface area contributed by atoms with Crippen molar-refractivity contribution in [3.63, 3.8) is 0 Å². The van der Waals surface area contributed by atoms with Gasteiger partial charge >= 0.3 is 0 Å². The normalized spacial score (nSPS) is 14.1. The highest BCUT2D eigenvalue weighted by Gasteiger charge is 2.51. The van der Waals surface area contributed by atoms with Gasteiger partial charge in [-0.2, -0.15) is 0 Å². The lowest BCUT2D eigenvalue weighted by Crippen LogP contribution is -2.26. The Labute approximate surface area is 317 Å². The summed E-state index contributed by atoms with van der Waals surface area (Å²) in [6.07, 6.45) is 4.99. The van der Waals surface area contributed by atoms with E-state index in [2.05, 4.69) is 193 Å². The second-order valence-electron chi connectivity index (χ2n) is 15.1. The van der Waals surface area contributed by atoms with Crippen LogP contribution in [0, 0.1) is 0 Å². The molecule has 0 saturated carbocycles. The van der Waals surface area contributed by atoms with Crippen LogP contribution in [0.25, 0.3) is 44.5 Å². The first-order valence-corrected chi connectivity index (χ1v) is 19.4. The Morgan fingerprint density at radius 3 is 1.35 bits per heavy atom. The molecule has 0 unspecified atom stereocenters. The number of aryl methyl sites for hydroxylation is 2. The lowest BCUT2D eigenvalue weighted by atomic mass is 9.70. The number of hydrogen-bond acceptors (Lipinski definition) is 1. The van der Waals surface area contributed by atoms with Crippen LogP contribution < -0.4 is 4.90 Å². The van der Waals surface area contributed by atoms with Crippen molar-refractivity contribution < 1.29 is 0 Å². The first kappa shape index (κ1) is 31.1. The number of benzene rings is 8. The second kappa shape index (κ2) is 12.3. The van der Waals surface area contributed by atoms with E-state index in [0.717, 1.165) is 17.1 Å². The molecule has 0 amide bonds. The molecule has 0 atom stereocenters. The Hall–Kier alpha value is -6.44.